The first-order chi connectivity index (χ1) is 13.1. The highest BCUT2D eigenvalue weighted by atomic mass is 16.5. The van der Waals surface area contributed by atoms with E-state index in [-0.39, 0.29) is 11.9 Å². The van der Waals surface area contributed by atoms with Crippen LogP contribution in [0.1, 0.15) is 18.1 Å². The van der Waals surface area contributed by atoms with Gasteiger partial charge < -0.3 is 10.1 Å². The summed E-state index contributed by atoms with van der Waals surface area (Å²) in [5.74, 6) is 0.698. The summed E-state index contributed by atoms with van der Waals surface area (Å²) in [6.07, 6.45) is 0. The lowest BCUT2D eigenvalue weighted by Crippen LogP contribution is -2.52. The van der Waals surface area contributed by atoms with Crippen LogP contribution in [0.2, 0.25) is 0 Å². The predicted octanol–water partition coefficient (Wildman–Crippen LogP) is 3.15. The van der Waals surface area contributed by atoms with Gasteiger partial charge in [-0.1, -0.05) is 36.4 Å². The number of carbonyl (C=O) groups is 1. The fraction of sp³-hybridized carbons (Fsp3) is 0.409. The van der Waals surface area contributed by atoms with Crippen LogP contribution in [0.5, 0.6) is 5.75 Å². The van der Waals surface area contributed by atoms with Crippen molar-refractivity contribution in [2.45, 2.75) is 26.4 Å². The van der Waals surface area contributed by atoms with E-state index >= 15 is 0 Å². The van der Waals surface area contributed by atoms with Gasteiger partial charge in [-0.3, -0.25) is 14.6 Å². The molecule has 1 aliphatic heterocycles. The fourth-order valence-electron chi connectivity index (χ4n) is 3.47. The Balaban J connectivity index is 1.53. The molecule has 0 radical (unpaired) electrons. The van der Waals surface area contributed by atoms with E-state index in [9.17, 15) is 4.79 Å². The molecule has 1 fully saturated rings. The van der Waals surface area contributed by atoms with Crippen molar-refractivity contribution in [3.63, 3.8) is 0 Å². The van der Waals surface area contributed by atoms with Crippen molar-refractivity contribution >= 4 is 11.6 Å². The van der Waals surface area contributed by atoms with E-state index in [2.05, 4.69) is 39.4 Å². The summed E-state index contributed by atoms with van der Waals surface area (Å²) < 4.78 is 5.36. The average molecular weight is 367 g/mol. The van der Waals surface area contributed by atoms with Gasteiger partial charge in [-0.15, -0.1) is 0 Å². The van der Waals surface area contributed by atoms with Gasteiger partial charge in [0.25, 0.3) is 0 Å². The second kappa shape index (κ2) is 9.02. The minimum absolute atomic E-state index is 0.00964. The fourth-order valence-corrected chi connectivity index (χ4v) is 3.47. The number of hydrogen-bond acceptors (Lipinski definition) is 4. The minimum atomic E-state index is -0.172. The molecule has 1 aliphatic rings. The Morgan fingerprint density at radius 1 is 1.11 bits per heavy atom. The van der Waals surface area contributed by atoms with Crippen LogP contribution in [0.4, 0.5) is 5.69 Å². The van der Waals surface area contributed by atoms with Crippen molar-refractivity contribution in [1.29, 1.82) is 0 Å². The molecule has 1 N–H and O–H groups in total. The number of ether oxygens (including phenoxy) is 1. The van der Waals surface area contributed by atoms with Gasteiger partial charge in [0, 0.05) is 32.7 Å². The number of amides is 1. The Bertz CT molecular complexity index is 755. The zero-order valence-corrected chi connectivity index (χ0v) is 16.4. The Hall–Kier alpha value is -2.37. The van der Waals surface area contributed by atoms with Crippen LogP contribution in [-0.4, -0.2) is 55.0 Å². The Kier molecular flexibility index (Phi) is 6.48. The van der Waals surface area contributed by atoms with Crippen molar-refractivity contribution in [3.05, 3.63) is 59.7 Å². The number of nitrogens with one attached hydrogen (secondary N) is 1. The molecular formula is C22H29N3O2. The number of methoxy groups -OCH3 is 1. The van der Waals surface area contributed by atoms with E-state index in [0.717, 1.165) is 44.0 Å². The molecule has 3 rings (SSSR count). The number of rotatable bonds is 6. The zero-order chi connectivity index (χ0) is 19.2. The van der Waals surface area contributed by atoms with Gasteiger partial charge in [0.15, 0.2) is 0 Å². The van der Waals surface area contributed by atoms with Crippen LogP contribution in [0.25, 0.3) is 0 Å². The molecule has 1 heterocycles. The van der Waals surface area contributed by atoms with Crippen molar-refractivity contribution in [2.24, 2.45) is 0 Å². The first-order valence-electron chi connectivity index (χ1n) is 9.52. The zero-order valence-electron chi connectivity index (χ0n) is 16.4. The Morgan fingerprint density at radius 3 is 2.48 bits per heavy atom. The number of hydrogen-bond donors (Lipinski definition) is 1. The maximum absolute atomic E-state index is 12.7. The molecule has 0 saturated carbocycles. The van der Waals surface area contributed by atoms with Crippen molar-refractivity contribution < 1.29 is 9.53 Å². The van der Waals surface area contributed by atoms with Gasteiger partial charge >= 0.3 is 0 Å². The van der Waals surface area contributed by atoms with Crippen LogP contribution in [-0.2, 0) is 11.3 Å². The highest BCUT2D eigenvalue weighted by molar-refractivity contribution is 5.96. The summed E-state index contributed by atoms with van der Waals surface area (Å²) in [4.78, 5) is 17.4. The summed E-state index contributed by atoms with van der Waals surface area (Å²) in [6, 6.07) is 16.2. The van der Waals surface area contributed by atoms with Crippen LogP contribution < -0.4 is 10.1 Å². The Labute approximate surface area is 161 Å². The van der Waals surface area contributed by atoms with E-state index in [1.54, 1.807) is 7.11 Å². The molecule has 1 saturated heterocycles. The molecule has 1 atom stereocenters. The van der Waals surface area contributed by atoms with Crippen LogP contribution >= 0.6 is 0 Å². The minimum Gasteiger partial charge on any atom is -0.495 e. The number of aryl methyl sites for hydroxylation is 1. The SMILES string of the molecule is COc1ccc(C)cc1NC(=O)[C@@H](C)N1CCN(Cc2ccccc2)CC1. The lowest BCUT2D eigenvalue weighted by Gasteiger charge is -2.37. The molecule has 0 aliphatic carbocycles. The number of carbonyl (C=O) groups excluding carboxylic acids is 1. The summed E-state index contributed by atoms with van der Waals surface area (Å²) in [7, 11) is 1.62. The lowest BCUT2D eigenvalue weighted by atomic mass is 10.1. The van der Waals surface area contributed by atoms with Crippen LogP contribution in [0.3, 0.4) is 0 Å². The smallest absolute Gasteiger partial charge is 0.241 e. The Morgan fingerprint density at radius 2 is 1.81 bits per heavy atom. The average Bonchev–Trinajstić information content (AvgIpc) is 2.69. The molecule has 2 aromatic rings. The number of anilines is 1. The van der Waals surface area contributed by atoms with Crippen molar-refractivity contribution in [3.8, 4) is 5.75 Å². The molecule has 27 heavy (non-hydrogen) atoms. The van der Waals surface area contributed by atoms with Crippen molar-refractivity contribution in [2.75, 3.05) is 38.6 Å². The molecule has 2 aromatic carbocycles. The lowest BCUT2D eigenvalue weighted by molar-refractivity contribution is -0.121. The van der Waals surface area contributed by atoms with E-state index in [1.807, 2.05) is 38.1 Å². The van der Waals surface area contributed by atoms with Gasteiger partial charge in [0.1, 0.15) is 5.75 Å². The first kappa shape index (κ1) is 19.4. The monoisotopic (exact) mass is 367 g/mol. The standard InChI is InChI=1S/C22H29N3O2/c1-17-9-10-21(27-3)20(15-17)23-22(26)18(2)25-13-11-24(12-14-25)16-19-7-5-4-6-8-19/h4-10,15,18H,11-14,16H2,1-3H3,(H,23,26)/t18-/m1/s1. The van der Waals surface area contributed by atoms with E-state index < -0.39 is 0 Å². The summed E-state index contributed by atoms with van der Waals surface area (Å²) in [5, 5.41) is 3.03. The third kappa shape index (κ3) is 5.08. The highest BCUT2D eigenvalue weighted by Gasteiger charge is 2.26. The van der Waals surface area contributed by atoms with Gasteiger partial charge in [0.2, 0.25) is 5.91 Å². The second-order valence-electron chi connectivity index (χ2n) is 7.17. The summed E-state index contributed by atoms with van der Waals surface area (Å²) >= 11 is 0. The summed E-state index contributed by atoms with van der Waals surface area (Å²) in [6.45, 7) is 8.68. The molecule has 0 bridgehead atoms. The third-order valence-electron chi connectivity index (χ3n) is 5.20. The number of nitrogens with zero attached hydrogens (tertiary/aromatic N) is 2. The maximum atomic E-state index is 12.7. The second-order valence-corrected chi connectivity index (χ2v) is 7.17. The topological polar surface area (TPSA) is 44.8 Å². The van der Waals surface area contributed by atoms with Gasteiger partial charge in [-0.2, -0.15) is 0 Å². The molecule has 0 aromatic heterocycles. The maximum Gasteiger partial charge on any atom is 0.241 e. The van der Waals surface area contributed by atoms with E-state index in [1.165, 1.54) is 5.56 Å². The van der Waals surface area contributed by atoms with E-state index in [0.29, 0.717) is 5.75 Å². The van der Waals surface area contributed by atoms with Gasteiger partial charge in [-0.25, -0.2) is 0 Å². The van der Waals surface area contributed by atoms with Crippen LogP contribution in [0.15, 0.2) is 48.5 Å². The predicted molar refractivity (Wildman–Crippen MR) is 109 cm³/mol. The van der Waals surface area contributed by atoms with Crippen molar-refractivity contribution in [1.82, 2.24) is 9.80 Å². The molecular weight excluding hydrogens is 338 g/mol. The molecule has 144 valence electrons. The summed E-state index contributed by atoms with van der Waals surface area (Å²) in [5.41, 5.74) is 3.16. The van der Waals surface area contributed by atoms with Gasteiger partial charge in [0.05, 0.1) is 18.8 Å². The van der Waals surface area contributed by atoms with E-state index in [4.69, 9.17) is 4.74 Å². The largest absolute Gasteiger partial charge is 0.495 e. The van der Waals surface area contributed by atoms with Gasteiger partial charge in [-0.05, 0) is 37.1 Å². The normalized spacial score (nSPS) is 16.7. The third-order valence-corrected chi connectivity index (χ3v) is 5.20. The number of piperazine rings is 1. The highest BCUT2D eigenvalue weighted by Crippen LogP contribution is 2.25. The quantitative estimate of drug-likeness (QED) is 0.852. The molecule has 0 unspecified atom stereocenters. The molecule has 0 spiro atoms. The van der Waals surface area contributed by atoms with Crippen LogP contribution in [0, 0.1) is 6.92 Å². The molecule has 1 amide bonds. The first-order valence-corrected chi connectivity index (χ1v) is 9.52. The molecule has 5 heteroatoms. The molecule has 5 nitrogen and oxygen atoms in total. The number of benzene rings is 2.